The largest absolute Gasteiger partial charge is 0.374 e. The van der Waals surface area contributed by atoms with Gasteiger partial charge in [0, 0.05) is 24.4 Å². The summed E-state index contributed by atoms with van der Waals surface area (Å²) < 4.78 is 7.53. The SMILES string of the molecule is CC(OCCCNC(=O)c1cnn(Cc2ccccc2Cl)c1)c1ccccc1. The van der Waals surface area contributed by atoms with E-state index >= 15 is 0 Å². The number of halogens is 1. The summed E-state index contributed by atoms with van der Waals surface area (Å²) in [5.41, 5.74) is 2.65. The van der Waals surface area contributed by atoms with E-state index in [1.54, 1.807) is 17.1 Å². The van der Waals surface area contributed by atoms with Crippen LogP contribution < -0.4 is 5.32 Å². The first kappa shape index (κ1) is 20.1. The molecule has 1 atom stereocenters. The molecule has 0 aliphatic carbocycles. The Hall–Kier alpha value is -2.63. The van der Waals surface area contributed by atoms with E-state index in [4.69, 9.17) is 16.3 Å². The van der Waals surface area contributed by atoms with Crippen LogP contribution in [0.2, 0.25) is 5.02 Å². The van der Waals surface area contributed by atoms with Crippen molar-refractivity contribution in [3.63, 3.8) is 0 Å². The molecular formula is C22H24ClN3O2. The van der Waals surface area contributed by atoms with E-state index in [9.17, 15) is 4.79 Å². The Morgan fingerprint density at radius 3 is 2.71 bits per heavy atom. The molecule has 6 heteroatoms. The van der Waals surface area contributed by atoms with Gasteiger partial charge in [-0.3, -0.25) is 9.48 Å². The van der Waals surface area contributed by atoms with Crippen LogP contribution in [0.4, 0.5) is 0 Å². The number of hydrogen-bond donors (Lipinski definition) is 1. The van der Waals surface area contributed by atoms with Crippen LogP contribution in [-0.2, 0) is 11.3 Å². The summed E-state index contributed by atoms with van der Waals surface area (Å²) in [5.74, 6) is -0.137. The summed E-state index contributed by atoms with van der Waals surface area (Å²) in [6.07, 6.45) is 4.09. The zero-order chi connectivity index (χ0) is 19.8. The Labute approximate surface area is 170 Å². The van der Waals surface area contributed by atoms with Gasteiger partial charge < -0.3 is 10.1 Å². The minimum atomic E-state index is -0.137. The number of rotatable bonds is 9. The van der Waals surface area contributed by atoms with E-state index in [0.717, 1.165) is 17.5 Å². The second-order valence-electron chi connectivity index (χ2n) is 6.55. The van der Waals surface area contributed by atoms with Crippen molar-refractivity contribution in [1.29, 1.82) is 0 Å². The molecule has 0 saturated carbocycles. The van der Waals surface area contributed by atoms with E-state index in [-0.39, 0.29) is 12.0 Å². The highest BCUT2D eigenvalue weighted by Gasteiger charge is 2.10. The van der Waals surface area contributed by atoms with Gasteiger partial charge in [-0.25, -0.2) is 0 Å². The maximum absolute atomic E-state index is 12.3. The molecule has 0 aliphatic rings. The van der Waals surface area contributed by atoms with Crippen molar-refractivity contribution in [3.8, 4) is 0 Å². The van der Waals surface area contributed by atoms with Gasteiger partial charge in [0.2, 0.25) is 0 Å². The number of aromatic nitrogens is 2. The molecule has 28 heavy (non-hydrogen) atoms. The molecule has 0 radical (unpaired) electrons. The molecule has 1 heterocycles. The van der Waals surface area contributed by atoms with Crippen molar-refractivity contribution in [3.05, 3.63) is 88.7 Å². The van der Waals surface area contributed by atoms with Crippen molar-refractivity contribution >= 4 is 17.5 Å². The summed E-state index contributed by atoms with van der Waals surface area (Å²) in [6, 6.07) is 17.7. The second-order valence-corrected chi connectivity index (χ2v) is 6.96. The third kappa shape index (κ3) is 5.68. The minimum absolute atomic E-state index is 0.0416. The minimum Gasteiger partial charge on any atom is -0.374 e. The molecule has 0 fully saturated rings. The van der Waals surface area contributed by atoms with Gasteiger partial charge in [0.25, 0.3) is 5.91 Å². The van der Waals surface area contributed by atoms with Crippen LogP contribution in [-0.4, -0.2) is 28.8 Å². The fourth-order valence-corrected chi connectivity index (χ4v) is 3.02. The molecule has 1 amide bonds. The Balaban J connectivity index is 1.39. The quantitative estimate of drug-likeness (QED) is 0.541. The molecule has 5 nitrogen and oxygen atoms in total. The fourth-order valence-electron chi connectivity index (χ4n) is 2.82. The van der Waals surface area contributed by atoms with E-state index in [1.165, 1.54) is 0 Å². The molecule has 0 bridgehead atoms. The molecule has 3 rings (SSSR count). The first-order chi connectivity index (χ1) is 13.6. The zero-order valence-electron chi connectivity index (χ0n) is 15.8. The average Bonchev–Trinajstić information content (AvgIpc) is 3.18. The van der Waals surface area contributed by atoms with Crippen LogP contribution in [0.1, 0.15) is 40.9 Å². The van der Waals surface area contributed by atoms with E-state index in [1.807, 2.05) is 61.5 Å². The van der Waals surface area contributed by atoms with Gasteiger partial charge in [-0.1, -0.05) is 60.1 Å². The lowest BCUT2D eigenvalue weighted by Crippen LogP contribution is -2.25. The molecule has 3 aromatic rings. The van der Waals surface area contributed by atoms with Crippen molar-refractivity contribution in [1.82, 2.24) is 15.1 Å². The van der Waals surface area contributed by atoms with Crippen LogP contribution in [0, 0.1) is 0 Å². The molecule has 1 unspecified atom stereocenters. The lowest BCUT2D eigenvalue weighted by Gasteiger charge is -2.13. The smallest absolute Gasteiger partial charge is 0.254 e. The van der Waals surface area contributed by atoms with Crippen molar-refractivity contribution in [2.45, 2.75) is 26.0 Å². The molecule has 1 N–H and O–H groups in total. The Morgan fingerprint density at radius 1 is 1.18 bits per heavy atom. The number of nitrogens with zero attached hydrogens (tertiary/aromatic N) is 2. The predicted octanol–water partition coefficient (Wildman–Crippen LogP) is 4.48. The average molecular weight is 398 g/mol. The van der Waals surface area contributed by atoms with Crippen molar-refractivity contribution < 1.29 is 9.53 Å². The lowest BCUT2D eigenvalue weighted by atomic mass is 10.1. The highest BCUT2D eigenvalue weighted by molar-refractivity contribution is 6.31. The third-order valence-electron chi connectivity index (χ3n) is 4.43. The highest BCUT2D eigenvalue weighted by atomic mass is 35.5. The number of carbonyl (C=O) groups is 1. The van der Waals surface area contributed by atoms with Gasteiger partial charge >= 0.3 is 0 Å². The fraction of sp³-hybridized carbons (Fsp3) is 0.273. The van der Waals surface area contributed by atoms with Crippen molar-refractivity contribution in [2.75, 3.05) is 13.2 Å². The Morgan fingerprint density at radius 2 is 1.93 bits per heavy atom. The van der Waals surface area contributed by atoms with Crippen LogP contribution in [0.5, 0.6) is 0 Å². The lowest BCUT2D eigenvalue weighted by molar-refractivity contribution is 0.0635. The third-order valence-corrected chi connectivity index (χ3v) is 4.80. The van der Waals surface area contributed by atoms with Crippen LogP contribution in [0.3, 0.4) is 0 Å². The van der Waals surface area contributed by atoms with Crippen molar-refractivity contribution in [2.24, 2.45) is 0 Å². The van der Waals surface area contributed by atoms with Gasteiger partial charge in [-0.05, 0) is 30.5 Å². The molecule has 1 aromatic heterocycles. The Bertz CT molecular complexity index is 896. The standard InChI is InChI=1S/C22H24ClN3O2/c1-17(18-8-3-2-4-9-18)28-13-7-12-24-22(27)20-14-25-26(16-20)15-19-10-5-6-11-21(19)23/h2-6,8-11,14,16-17H,7,12-13,15H2,1H3,(H,24,27). The van der Waals surface area contributed by atoms with Gasteiger partial charge in [0.1, 0.15) is 0 Å². The van der Waals surface area contributed by atoms with Gasteiger partial charge in [0.15, 0.2) is 0 Å². The molecule has 0 aliphatic heterocycles. The normalized spacial score (nSPS) is 11.9. The van der Waals surface area contributed by atoms with E-state index in [0.29, 0.717) is 30.3 Å². The monoisotopic (exact) mass is 397 g/mol. The van der Waals surface area contributed by atoms with E-state index < -0.39 is 0 Å². The number of benzene rings is 2. The summed E-state index contributed by atoms with van der Waals surface area (Å²) in [7, 11) is 0. The molecule has 146 valence electrons. The maximum Gasteiger partial charge on any atom is 0.254 e. The maximum atomic E-state index is 12.3. The number of amides is 1. The topological polar surface area (TPSA) is 56.1 Å². The molecule has 2 aromatic carbocycles. The molecule has 0 spiro atoms. The van der Waals surface area contributed by atoms with Crippen LogP contribution >= 0.6 is 11.6 Å². The number of ether oxygens (including phenoxy) is 1. The summed E-state index contributed by atoms with van der Waals surface area (Å²) in [6.45, 7) is 3.69. The Kier molecular flexibility index (Phi) is 7.23. The second kappa shape index (κ2) is 10.1. The van der Waals surface area contributed by atoms with Crippen LogP contribution in [0.25, 0.3) is 0 Å². The number of carbonyl (C=O) groups excluding carboxylic acids is 1. The van der Waals surface area contributed by atoms with Gasteiger partial charge in [-0.2, -0.15) is 5.10 Å². The molecule has 0 saturated heterocycles. The zero-order valence-corrected chi connectivity index (χ0v) is 16.6. The van der Waals surface area contributed by atoms with E-state index in [2.05, 4.69) is 10.4 Å². The first-order valence-electron chi connectivity index (χ1n) is 9.34. The summed E-state index contributed by atoms with van der Waals surface area (Å²) >= 11 is 6.17. The molecular weight excluding hydrogens is 374 g/mol. The van der Waals surface area contributed by atoms with Crippen LogP contribution in [0.15, 0.2) is 67.0 Å². The summed E-state index contributed by atoms with van der Waals surface area (Å²) in [4.78, 5) is 12.3. The number of hydrogen-bond acceptors (Lipinski definition) is 3. The summed E-state index contributed by atoms with van der Waals surface area (Å²) in [5, 5.41) is 7.84. The first-order valence-corrected chi connectivity index (χ1v) is 9.72. The number of nitrogens with one attached hydrogen (secondary N) is 1. The van der Waals surface area contributed by atoms with Gasteiger partial charge in [-0.15, -0.1) is 0 Å². The predicted molar refractivity (Wildman–Crippen MR) is 111 cm³/mol. The van der Waals surface area contributed by atoms with Gasteiger partial charge in [0.05, 0.1) is 24.4 Å². The highest BCUT2D eigenvalue weighted by Crippen LogP contribution is 2.17.